The smallest absolute Gasteiger partial charge is 0.283 e. The van der Waals surface area contributed by atoms with Crippen LogP contribution in [0.4, 0.5) is 5.69 Å². The SMILES string of the molecule is COCCN(C)c1cnn(C2CCCN(Cc3nnc(-c4ccco4)o3)C2)c(=O)c1. The van der Waals surface area contributed by atoms with Gasteiger partial charge in [-0.15, -0.1) is 10.2 Å². The molecule has 0 aromatic carbocycles. The number of anilines is 1. The van der Waals surface area contributed by atoms with Gasteiger partial charge in [-0.2, -0.15) is 5.10 Å². The maximum Gasteiger partial charge on any atom is 0.283 e. The summed E-state index contributed by atoms with van der Waals surface area (Å²) in [7, 11) is 3.58. The Bertz CT molecular complexity index is 999. The van der Waals surface area contributed by atoms with Crippen molar-refractivity contribution in [3.63, 3.8) is 0 Å². The largest absolute Gasteiger partial charge is 0.459 e. The fraction of sp³-hybridized carbons (Fsp3) is 0.500. The van der Waals surface area contributed by atoms with Gasteiger partial charge in [0.15, 0.2) is 5.76 Å². The number of furan rings is 1. The number of nitrogens with zero attached hydrogens (tertiary/aromatic N) is 6. The van der Waals surface area contributed by atoms with Gasteiger partial charge >= 0.3 is 0 Å². The second kappa shape index (κ2) is 9.23. The summed E-state index contributed by atoms with van der Waals surface area (Å²) in [6.45, 7) is 3.42. The fourth-order valence-corrected chi connectivity index (χ4v) is 3.63. The maximum atomic E-state index is 12.7. The van der Waals surface area contributed by atoms with Crippen molar-refractivity contribution in [1.82, 2.24) is 24.9 Å². The Morgan fingerprint density at radius 2 is 2.27 bits per heavy atom. The lowest BCUT2D eigenvalue weighted by Crippen LogP contribution is -2.40. The van der Waals surface area contributed by atoms with Gasteiger partial charge in [0.05, 0.1) is 37.3 Å². The zero-order chi connectivity index (χ0) is 20.9. The van der Waals surface area contributed by atoms with Gasteiger partial charge < -0.3 is 18.5 Å². The van der Waals surface area contributed by atoms with E-state index < -0.39 is 0 Å². The second-order valence-electron chi connectivity index (χ2n) is 7.42. The van der Waals surface area contributed by atoms with Gasteiger partial charge in [0.2, 0.25) is 5.89 Å². The van der Waals surface area contributed by atoms with Crippen molar-refractivity contribution in [3.05, 3.63) is 46.9 Å². The summed E-state index contributed by atoms with van der Waals surface area (Å²) < 4.78 is 17.7. The van der Waals surface area contributed by atoms with E-state index >= 15 is 0 Å². The average molecular weight is 414 g/mol. The van der Waals surface area contributed by atoms with E-state index in [1.165, 1.54) is 0 Å². The molecule has 0 spiro atoms. The summed E-state index contributed by atoms with van der Waals surface area (Å²) in [5.74, 6) is 1.45. The third kappa shape index (κ3) is 4.60. The molecule has 1 fully saturated rings. The summed E-state index contributed by atoms with van der Waals surface area (Å²) in [4.78, 5) is 16.9. The second-order valence-corrected chi connectivity index (χ2v) is 7.42. The van der Waals surface area contributed by atoms with E-state index in [1.54, 1.807) is 42.5 Å². The molecular formula is C20H26N6O4. The molecule has 30 heavy (non-hydrogen) atoms. The molecular weight excluding hydrogens is 388 g/mol. The van der Waals surface area contributed by atoms with Crippen LogP contribution in [-0.2, 0) is 11.3 Å². The third-order valence-corrected chi connectivity index (χ3v) is 5.27. The molecule has 0 bridgehead atoms. The normalized spacial score (nSPS) is 17.3. The van der Waals surface area contributed by atoms with E-state index in [0.29, 0.717) is 43.8 Å². The third-order valence-electron chi connectivity index (χ3n) is 5.27. The molecule has 1 saturated heterocycles. The van der Waals surface area contributed by atoms with Crippen LogP contribution >= 0.6 is 0 Å². The predicted molar refractivity (Wildman–Crippen MR) is 109 cm³/mol. The van der Waals surface area contributed by atoms with E-state index in [4.69, 9.17) is 13.6 Å². The lowest BCUT2D eigenvalue weighted by atomic mass is 10.1. The summed E-state index contributed by atoms with van der Waals surface area (Å²) >= 11 is 0. The first kappa shape index (κ1) is 20.3. The van der Waals surface area contributed by atoms with Gasteiger partial charge in [0.25, 0.3) is 11.4 Å². The number of hydrogen-bond donors (Lipinski definition) is 0. The summed E-state index contributed by atoms with van der Waals surface area (Å²) in [6, 6.07) is 5.20. The summed E-state index contributed by atoms with van der Waals surface area (Å²) in [5, 5.41) is 12.6. The summed E-state index contributed by atoms with van der Waals surface area (Å²) in [6.07, 6.45) is 5.18. The first-order valence-corrected chi connectivity index (χ1v) is 10.0. The minimum absolute atomic E-state index is 0.0112. The molecule has 1 atom stereocenters. The molecule has 0 saturated carbocycles. The number of likely N-dealkylation sites (N-methyl/N-ethyl adjacent to an activating group) is 1. The van der Waals surface area contributed by atoms with Crippen LogP contribution in [0.25, 0.3) is 11.7 Å². The quantitative estimate of drug-likeness (QED) is 0.546. The molecule has 10 heteroatoms. The Balaban J connectivity index is 1.41. The predicted octanol–water partition coefficient (Wildman–Crippen LogP) is 1.81. The molecule has 1 aliphatic heterocycles. The Morgan fingerprint density at radius 3 is 3.03 bits per heavy atom. The van der Waals surface area contributed by atoms with Crippen LogP contribution in [0.5, 0.6) is 0 Å². The Morgan fingerprint density at radius 1 is 1.37 bits per heavy atom. The van der Waals surface area contributed by atoms with Gasteiger partial charge in [-0.05, 0) is 31.5 Å². The van der Waals surface area contributed by atoms with Gasteiger partial charge in [-0.3, -0.25) is 9.69 Å². The van der Waals surface area contributed by atoms with Crippen molar-refractivity contribution >= 4 is 5.69 Å². The molecule has 3 aromatic rings. The molecule has 0 N–H and O–H groups in total. The van der Waals surface area contributed by atoms with Gasteiger partial charge in [-0.25, -0.2) is 4.68 Å². The molecule has 0 aliphatic carbocycles. The van der Waals surface area contributed by atoms with Crippen molar-refractivity contribution in [2.75, 3.05) is 45.3 Å². The molecule has 1 aliphatic rings. The first-order chi connectivity index (χ1) is 14.6. The van der Waals surface area contributed by atoms with E-state index in [0.717, 1.165) is 25.1 Å². The molecule has 160 valence electrons. The minimum atomic E-state index is -0.0958. The van der Waals surface area contributed by atoms with Crippen molar-refractivity contribution in [2.24, 2.45) is 0 Å². The Labute approximate surface area is 174 Å². The number of methoxy groups -OCH3 is 1. The maximum absolute atomic E-state index is 12.7. The van der Waals surface area contributed by atoms with Crippen molar-refractivity contribution in [2.45, 2.75) is 25.4 Å². The van der Waals surface area contributed by atoms with Crippen LogP contribution in [0.2, 0.25) is 0 Å². The number of aromatic nitrogens is 4. The molecule has 1 unspecified atom stereocenters. The average Bonchev–Trinajstić information content (AvgIpc) is 3.44. The van der Waals surface area contributed by atoms with Gasteiger partial charge in [0, 0.05) is 33.3 Å². The zero-order valence-electron chi connectivity index (χ0n) is 17.2. The Kier molecular flexibility index (Phi) is 6.24. The number of ether oxygens (including phenoxy) is 1. The standard InChI is InChI=1S/C20H26N6O4/c1-24(8-10-28-2)16-11-19(27)26(21-12-16)15-5-3-7-25(13-15)14-18-22-23-20(30-18)17-6-4-9-29-17/h4,6,9,11-12,15H,3,5,7-8,10,13-14H2,1-2H3. The van der Waals surface area contributed by atoms with Crippen LogP contribution in [0, 0.1) is 0 Å². The molecule has 3 aromatic heterocycles. The van der Waals surface area contributed by atoms with Crippen molar-refractivity contribution in [3.8, 4) is 11.7 Å². The molecule has 4 heterocycles. The monoisotopic (exact) mass is 414 g/mol. The van der Waals surface area contributed by atoms with E-state index in [-0.39, 0.29) is 11.6 Å². The van der Waals surface area contributed by atoms with Gasteiger partial charge in [-0.1, -0.05) is 0 Å². The minimum Gasteiger partial charge on any atom is -0.459 e. The summed E-state index contributed by atoms with van der Waals surface area (Å²) in [5.41, 5.74) is 0.693. The van der Waals surface area contributed by atoms with E-state index in [9.17, 15) is 4.79 Å². The Hall–Kier alpha value is -2.98. The molecule has 0 radical (unpaired) electrons. The number of piperidine rings is 1. The van der Waals surface area contributed by atoms with Gasteiger partial charge in [0.1, 0.15) is 0 Å². The number of hydrogen-bond acceptors (Lipinski definition) is 9. The number of likely N-dealkylation sites (tertiary alicyclic amines) is 1. The molecule has 10 nitrogen and oxygen atoms in total. The fourth-order valence-electron chi connectivity index (χ4n) is 3.63. The lowest BCUT2D eigenvalue weighted by Gasteiger charge is -2.32. The topological polar surface area (TPSA) is 103 Å². The number of rotatable bonds is 8. The van der Waals surface area contributed by atoms with Crippen LogP contribution in [0.1, 0.15) is 24.8 Å². The van der Waals surface area contributed by atoms with Crippen LogP contribution in [-0.4, -0.2) is 65.3 Å². The van der Waals surface area contributed by atoms with Crippen molar-refractivity contribution < 1.29 is 13.6 Å². The molecule has 0 amide bonds. The molecule has 4 rings (SSSR count). The zero-order valence-corrected chi connectivity index (χ0v) is 17.2. The first-order valence-electron chi connectivity index (χ1n) is 10.0. The highest BCUT2D eigenvalue weighted by atomic mass is 16.5. The highest BCUT2D eigenvalue weighted by molar-refractivity contribution is 5.42. The van der Waals surface area contributed by atoms with Crippen molar-refractivity contribution in [1.29, 1.82) is 0 Å². The highest BCUT2D eigenvalue weighted by Gasteiger charge is 2.25. The van der Waals surface area contributed by atoms with Crippen LogP contribution < -0.4 is 10.5 Å². The highest BCUT2D eigenvalue weighted by Crippen LogP contribution is 2.23. The van der Waals surface area contributed by atoms with Crippen LogP contribution in [0.15, 0.2) is 44.3 Å². The van der Waals surface area contributed by atoms with Crippen LogP contribution in [0.3, 0.4) is 0 Å². The van der Waals surface area contributed by atoms with E-state index in [2.05, 4.69) is 20.2 Å². The van der Waals surface area contributed by atoms with E-state index in [1.807, 2.05) is 11.9 Å². The lowest BCUT2D eigenvalue weighted by molar-refractivity contribution is 0.148.